The summed E-state index contributed by atoms with van der Waals surface area (Å²) < 4.78 is 20.8. The average molecular weight is 434 g/mol. The minimum absolute atomic E-state index is 0.0176. The zero-order valence-electron chi connectivity index (χ0n) is 18.4. The Bertz CT molecular complexity index is 464. The Morgan fingerprint density at radius 3 is 1.87 bits per heavy atom. The first kappa shape index (κ1) is 28.4. The fourth-order valence-corrected chi connectivity index (χ4v) is 2.22. The minimum atomic E-state index is -0.221. The van der Waals surface area contributed by atoms with Gasteiger partial charge in [0.05, 0.1) is 39.6 Å². The number of ketones is 1. The van der Waals surface area contributed by atoms with Gasteiger partial charge >= 0.3 is 0 Å². The normalized spacial score (nSPS) is 11.8. The van der Waals surface area contributed by atoms with Crippen molar-refractivity contribution in [3.05, 3.63) is 0 Å². The zero-order chi connectivity index (χ0) is 22.5. The van der Waals surface area contributed by atoms with Crippen LogP contribution in [0.2, 0.25) is 0 Å². The number of rotatable bonds is 21. The Hall–Kier alpha value is -1.59. The van der Waals surface area contributed by atoms with Crippen molar-refractivity contribution in [3.8, 4) is 0 Å². The van der Waals surface area contributed by atoms with E-state index in [4.69, 9.17) is 24.7 Å². The summed E-state index contributed by atoms with van der Waals surface area (Å²) in [6.07, 6.45) is 2.59. The molecule has 176 valence electrons. The lowest BCUT2D eigenvalue weighted by atomic mass is 10.0. The minimum Gasteiger partial charge on any atom is -0.378 e. The van der Waals surface area contributed by atoms with Crippen molar-refractivity contribution in [2.45, 2.75) is 33.1 Å². The number of amides is 2. The Kier molecular flexibility index (Phi) is 19.6. The highest BCUT2D eigenvalue weighted by atomic mass is 16.5. The van der Waals surface area contributed by atoms with Crippen LogP contribution in [0.25, 0.3) is 0 Å². The van der Waals surface area contributed by atoms with E-state index in [-0.39, 0.29) is 36.7 Å². The summed E-state index contributed by atoms with van der Waals surface area (Å²) in [7, 11) is 0. The van der Waals surface area contributed by atoms with Crippen LogP contribution in [0.5, 0.6) is 0 Å². The standard InChI is InChI=1S/C20H39N3O7/c1-17(18(2)24)5-3-4-7-22-19(25)15-30-14-12-28-10-8-23-20(26)16-29-13-11-27-9-6-21/h17H,3-16,21H2,1-2H3,(H,22,25)(H,23,26)/t17-/m0/s1. The summed E-state index contributed by atoms with van der Waals surface area (Å²) in [5.74, 6) is -0.111. The molecular formula is C20H39N3O7. The quantitative estimate of drug-likeness (QED) is 0.209. The van der Waals surface area contributed by atoms with Crippen molar-refractivity contribution >= 4 is 17.6 Å². The second-order valence-electron chi connectivity index (χ2n) is 6.83. The van der Waals surface area contributed by atoms with E-state index in [0.717, 1.165) is 19.3 Å². The van der Waals surface area contributed by atoms with E-state index in [1.54, 1.807) is 6.92 Å². The molecule has 4 N–H and O–H groups in total. The van der Waals surface area contributed by atoms with Gasteiger partial charge in [-0.2, -0.15) is 0 Å². The molecule has 0 spiro atoms. The molecule has 0 aromatic carbocycles. The lowest BCUT2D eigenvalue weighted by molar-refractivity contribution is -0.127. The van der Waals surface area contributed by atoms with Gasteiger partial charge < -0.3 is 35.3 Å². The van der Waals surface area contributed by atoms with Gasteiger partial charge in [-0.15, -0.1) is 0 Å². The SMILES string of the molecule is CC(=O)[C@@H](C)CCCCNC(=O)COCCOCCNC(=O)COCCOCCN. The predicted octanol–water partition coefficient (Wildman–Crippen LogP) is -0.361. The molecule has 1 atom stereocenters. The molecule has 0 aliphatic carbocycles. The van der Waals surface area contributed by atoms with E-state index in [2.05, 4.69) is 10.6 Å². The second kappa shape index (κ2) is 20.7. The van der Waals surface area contributed by atoms with Gasteiger partial charge in [0.25, 0.3) is 0 Å². The molecule has 10 nitrogen and oxygen atoms in total. The number of nitrogens with two attached hydrogens (primary N) is 1. The van der Waals surface area contributed by atoms with Gasteiger partial charge in [-0.25, -0.2) is 0 Å². The zero-order valence-corrected chi connectivity index (χ0v) is 18.4. The first-order valence-corrected chi connectivity index (χ1v) is 10.5. The Morgan fingerprint density at radius 1 is 0.767 bits per heavy atom. The van der Waals surface area contributed by atoms with Gasteiger partial charge in [0, 0.05) is 25.6 Å². The van der Waals surface area contributed by atoms with E-state index in [9.17, 15) is 14.4 Å². The first-order valence-electron chi connectivity index (χ1n) is 10.5. The molecule has 0 aliphatic rings. The number of nitrogens with one attached hydrogen (secondary N) is 2. The molecule has 0 saturated heterocycles. The van der Waals surface area contributed by atoms with Gasteiger partial charge in [0.1, 0.15) is 19.0 Å². The number of Topliss-reactive ketones (excluding diaryl/α,β-unsaturated/α-hetero) is 1. The summed E-state index contributed by atoms with van der Waals surface area (Å²) >= 11 is 0. The maximum atomic E-state index is 11.6. The lowest BCUT2D eigenvalue weighted by Crippen LogP contribution is -2.31. The third kappa shape index (κ3) is 19.7. The molecule has 0 aromatic rings. The molecule has 0 aliphatic heterocycles. The average Bonchev–Trinajstić information content (AvgIpc) is 2.71. The van der Waals surface area contributed by atoms with E-state index in [0.29, 0.717) is 59.3 Å². The molecule has 30 heavy (non-hydrogen) atoms. The van der Waals surface area contributed by atoms with Crippen LogP contribution in [0, 0.1) is 5.92 Å². The summed E-state index contributed by atoms with van der Waals surface area (Å²) in [5.41, 5.74) is 5.28. The van der Waals surface area contributed by atoms with Crippen molar-refractivity contribution in [2.75, 3.05) is 72.5 Å². The molecule has 0 heterocycles. The summed E-state index contributed by atoms with van der Waals surface area (Å²) in [5, 5.41) is 5.44. The van der Waals surface area contributed by atoms with Gasteiger partial charge in [-0.3, -0.25) is 14.4 Å². The molecular weight excluding hydrogens is 394 g/mol. The van der Waals surface area contributed by atoms with Gasteiger partial charge in [-0.05, 0) is 19.8 Å². The van der Waals surface area contributed by atoms with Crippen molar-refractivity contribution in [1.29, 1.82) is 0 Å². The predicted molar refractivity (Wildman–Crippen MR) is 112 cm³/mol. The van der Waals surface area contributed by atoms with Crippen molar-refractivity contribution in [1.82, 2.24) is 10.6 Å². The Balaban J connectivity index is 3.33. The topological polar surface area (TPSA) is 138 Å². The van der Waals surface area contributed by atoms with Crippen LogP contribution < -0.4 is 16.4 Å². The number of hydrogen-bond acceptors (Lipinski definition) is 8. The summed E-state index contributed by atoms with van der Waals surface area (Å²) in [6, 6.07) is 0. The lowest BCUT2D eigenvalue weighted by Gasteiger charge is -2.09. The third-order valence-corrected chi connectivity index (χ3v) is 4.12. The van der Waals surface area contributed by atoms with Crippen LogP contribution in [0.1, 0.15) is 33.1 Å². The molecule has 10 heteroatoms. The number of carbonyl (C=O) groups excluding carboxylic acids is 3. The Morgan fingerprint density at radius 2 is 1.30 bits per heavy atom. The maximum Gasteiger partial charge on any atom is 0.246 e. The molecule has 0 rings (SSSR count). The van der Waals surface area contributed by atoms with Gasteiger partial charge in [0.2, 0.25) is 11.8 Å². The van der Waals surface area contributed by atoms with Crippen molar-refractivity contribution in [2.24, 2.45) is 11.7 Å². The van der Waals surface area contributed by atoms with Crippen LogP contribution in [-0.4, -0.2) is 90.1 Å². The number of hydrogen-bond donors (Lipinski definition) is 3. The fraction of sp³-hybridized carbons (Fsp3) is 0.850. The molecule has 0 bridgehead atoms. The first-order chi connectivity index (χ1) is 14.5. The molecule has 2 amide bonds. The van der Waals surface area contributed by atoms with Crippen LogP contribution in [0.15, 0.2) is 0 Å². The second-order valence-corrected chi connectivity index (χ2v) is 6.83. The highest BCUT2D eigenvalue weighted by Gasteiger charge is 2.07. The van der Waals surface area contributed by atoms with E-state index in [1.807, 2.05) is 6.92 Å². The number of ether oxygens (including phenoxy) is 4. The summed E-state index contributed by atoms with van der Waals surface area (Å²) in [6.45, 7) is 7.08. The third-order valence-electron chi connectivity index (χ3n) is 4.12. The van der Waals surface area contributed by atoms with Crippen LogP contribution in [-0.2, 0) is 33.3 Å². The Labute approximate surface area is 179 Å². The molecule has 0 fully saturated rings. The highest BCUT2D eigenvalue weighted by molar-refractivity contribution is 5.78. The maximum absolute atomic E-state index is 11.6. The van der Waals surface area contributed by atoms with Crippen molar-refractivity contribution in [3.63, 3.8) is 0 Å². The molecule has 0 radical (unpaired) electrons. The molecule has 0 aromatic heterocycles. The number of unbranched alkanes of at least 4 members (excludes halogenated alkanes) is 1. The van der Waals surface area contributed by atoms with Crippen LogP contribution in [0.4, 0.5) is 0 Å². The number of carbonyl (C=O) groups is 3. The largest absolute Gasteiger partial charge is 0.378 e. The van der Waals surface area contributed by atoms with Gasteiger partial charge in [0.15, 0.2) is 0 Å². The fourth-order valence-electron chi connectivity index (χ4n) is 2.22. The molecule has 0 unspecified atom stereocenters. The highest BCUT2D eigenvalue weighted by Crippen LogP contribution is 2.07. The van der Waals surface area contributed by atoms with E-state index >= 15 is 0 Å². The molecule has 0 saturated carbocycles. The van der Waals surface area contributed by atoms with Crippen LogP contribution in [0.3, 0.4) is 0 Å². The smallest absolute Gasteiger partial charge is 0.246 e. The van der Waals surface area contributed by atoms with Gasteiger partial charge in [-0.1, -0.05) is 13.3 Å². The summed E-state index contributed by atoms with van der Waals surface area (Å²) in [4.78, 5) is 34.2. The van der Waals surface area contributed by atoms with E-state index < -0.39 is 0 Å². The van der Waals surface area contributed by atoms with Crippen molar-refractivity contribution < 1.29 is 33.3 Å². The van der Waals surface area contributed by atoms with E-state index in [1.165, 1.54) is 0 Å². The van der Waals surface area contributed by atoms with Crippen LogP contribution >= 0.6 is 0 Å². The monoisotopic (exact) mass is 433 g/mol.